The highest BCUT2D eigenvalue weighted by Crippen LogP contribution is 2.29. The standard InChI is InChI=1S/C16H21NO2/c18-16(11-19-10-12-8-9-12)17-15-7-3-5-13-4-1-2-6-14(13)15/h3,5,7,12H,1-2,4,6,8-11H2,(H,17,18). The molecular weight excluding hydrogens is 238 g/mol. The molecule has 1 N–H and O–H groups in total. The van der Waals surface area contributed by atoms with E-state index in [2.05, 4.69) is 11.4 Å². The minimum atomic E-state index is -0.0281. The van der Waals surface area contributed by atoms with E-state index in [0.29, 0.717) is 5.92 Å². The van der Waals surface area contributed by atoms with Crippen LogP contribution in [0.5, 0.6) is 0 Å². The quantitative estimate of drug-likeness (QED) is 0.883. The topological polar surface area (TPSA) is 38.3 Å². The van der Waals surface area contributed by atoms with E-state index in [-0.39, 0.29) is 12.5 Å². The fraction of sp³-hybridized carbons (Fsp3) is 0.562. The Balaban J connectivity index is 1.57. The number of rotatable bonds is 5. The van der Waals surface area contributed by atoms with E-state index in [0.717, 1.165) is 25.1 Å². The molecule has 0 aliphatic heterocycles. The summed E-state index contributed by atoms with van der Waals surface area (Å²) in [5, 5.41) is 3.00. The van der Waals surface area contributed by atoms with Crippen molar-refractivity contribution in [3.8, 4) is 0 Å². The van der Waals surface area contributed by atoms with Gasteiger partial charge in [0.25, 0.3) is 0 Å². The van der Waals surface area contributed by atoms with Crippen molar-refractivity contribution in [1.82, 2.24) is 0 Å². The summed E-state index contributed by atoms with van der Waals surface area (Å²) >= 11 is 0. The Morgan fingerprint density at radius 1 is 1.26 bits per heavy atom. The first-order valence-corrected chi connectivity index (χ1v) is 7.31. The van der Waals surface area contributed by atoms with Crippen molar-refractivity contribution < 1.29 is 9.53 Å². The molecular formula is C16H21NO2. The number of aryl methyl sites for hydroxylation is 1. The Morgan fingerprint density at radius 3 is 2.95 bits per heavy atom. The third-order valence-electron chi connectivity index (χ3n) is 3.95. The predicted octanol–water partition coefficient (Wildman–Crippen LogP) is 2.93. The molecule has 19 heavy (non-hydrogen) atoms. The Bertz CT molecular complexity index is 466. The first-order chi connectivity index (χ1) is 9.33. The maximum absolute atomic E-state index is 11.9. The molecule has 1 amide bonds. The van der Waals surface area contributed by atoms with Crippen LogP contribution in [0.25, 0.3) is 0 Å². The largest absolute Gasteiger partial charge is 0.371 e. The van der Waals surface area contributed by atoms with Crippen LogP contribution >= 0.6 is 0 Å². The van der Waals surface area contributed by atoms with Crippen molar-refractivity contribution in [2.45, 2.75) is 38.5 Å². The fourth-order valence-corrected chi connectivity index (χ4v) is 2.69. The first-order valence-electron chi connectivity index (χ1n) is 7.31. The molecule has 2 aliphatic carbocycles. The lowest BCUT2D eigenvalue weighted by atomic mass is 9.90. The number of anilines is 1. The summed E-state index contributed by atoms with van der Waals surface area (Å²) < 4.78 is 5.42. The van der Waals surface area contributed by atoms with E-state index in [4.69, 9.17) is 4.74 Å². The number of hydrogen-bond acceptors (Lipinski definition) is 2. The number of amides is 1. The number of ether oxygens (including phenoxy) is 1. The predicted molar refractivity (Wildman–Crippen MR) is 75.3 cm³/mol. The molecule has 1 saturated carbocycles. The molecule has 3 heteroatoms. The third-order valence-corrected chi connectivity index (χ3v) is 3.95. The van der Waals surface area contributed by atoms with Crippen LogP contribution in [0.1, 0.15) is 36.8 Å². The zero-order chi connectivity index (χ0) is 13.1. The van der Waals surface area contributed by atoms with Crippen molar-refractivity contribution >= 4 is 11.6 Å². The maximum atomic E-state index is 11.9. The van der Waals surface area contributed by atoms with Crippen molar-refractivity contribution in [1.29, 1.82) is 0 Å². The molecule has 1 aromatic carbocycles. The lowest BCUT2D eigenvalue weighted by molar-refractivity contribution is -0.120. The van der Waals surface area contributed by atoms with E-state index in [1.54, 1.807) is 0 Å². The summed E-state index contributed by atoms with van der Waals surface area (Å²) in [4.78, 5) is 11.9. The van der Waals surface area contributed by atoms with Gasteiger partial charge in [0.2, 0.25) is 5.91 Å². The second-order valence-electron chi connectivity index (χ2n) is 5.66. The number of nitrogens with one attached hydrogen (secondary N) is 1. The number of carbonyl (C=O) groups is 1. The lowest BCUT2D eigenvalue weighted by Crippen LogP contribution is -2.20. The zero-order valence-corrected chi connectivity index (χ0v) is 11.3. The smallest absolute Gasteiger partial charge is 0.250 e. The molecule has 3 rings (SSSR count). The minimum absolute atomic E-state index is 0.0281. The molecule has 0 bridgehead atoms. The molecule has 0 atom stereocenters. The SMILES string of the molecule is O=C(COCC1CC1)Nc1cccc2c1CCCC2. The van der Waals surface area contributed by atoms with Crippen LogP contribution in [0.4, 0.5) is 5.69 Å². The number of hydrogen-bond donors (Lipinski definition) is 1. The summed E-state index contributed by atoms with van der Waals surface area (Å²) in [6.07, 6.45) is 7.21. The summed E-state index contributed by atoms with van der Waals surface area (Å²) in [7, 11) is 0. The lowest BCUT2D eigenvalue weighted by Gasteiger charge is -2.19. The van der Waals surface area contributed by atoms with Gasteiger partial charge in [-0.15, -0.1) is 0 Å². The Morgan fingerprint density at radius 2 is 2.11 bits per heavy atom. The molecule has 1 aromatic rings. The summed E-state index contributed by atoms with van der Waals surface area (Å²) in [5.41, 5.74) is 3.70. The summed E-state index contributed by atoms with van der Waals surface area (Å²) in [6.45, 7) is 0.917. The van der Waals surface area contributed by atoms with Gasteiger partial charge in [-0.25, -0.2) is 0 Å². The van der Waals surface area contributed by atoms with E-state index < -0.39 is 0 Å². The molecule has 0 aromatic heterocycles. The van der Waals surface area contributed by atoms with Crippen molar-refractivity contribution in [3.05, 3.63) is 29.3 Å². The Kier molecular flexibility index (Phi) is 3.83. The van der Waals surface area contributed by atoms with E-state index in [9.17, 15) is 4.79 Å². The van der Waals surface area contributed by atoms with Crippen molar-refractivity contribution in [3.63, 3.8) is 0 Å². The normalized spacial score (nSPS) is 17.9. The van der Waals surface area contributed by atoms with Gasteiger partial charge in [0, 0.05) is 5.69 Å². The molecule has 0 saturated heterocycles. The van der Waals surface area contributed by atoms with Crippen LogP contribution in [-0.2, 0) is 22.4 Å². The van der Waals surface area contributed by atoms with Crippen molar-refractivity contribution in [2.75, 3.05) is 18.5 Å². The highest BCUT2D eigenvalue weighted by atomic mass is 16.5. The molecule has 0 unspecified atom stereocenters. The summed E-state index contributed by atoms with van der Waals surface area (Å²) in [6, 6.07) is 6.21. The number of fused-ring (bicyclic) bond motifs is 1. The number of carbonyl (C=O) groups excluding carboxylic acids is 1. The average molecular weight is 259 g/mol. The van der Waals surface area contributed by atoms with Gasteiger partial charge in [-0.3, -0.25) is 4.79 Å². The van der Waals surface area contributed by atoms with Gasteiger partial charge in [-0.2, -0.15) is 0 Å². The van der Waals surface area contributed by atoms with E-state index in [1.165, 1.54) is 36.8 Å². The minimum Gasteiger partial charge on any atom is -0.371 e. The molecule has 1 fully saturated rings. The van der Waals surface area contributed by atoms with Gasteiger partial charge in [-0.05, 0) is 61.6 Å². The summed E-state index contributed by atoms with van der Waals surface area (Å²) in [5.74, 6) is 0.678. The third kappa shape index (κ3) is 3.35. The van der Waals surface area contributed by atoms with Crippen LogP contribution in [-0.4, -0.2) is 19.1 Å². The van der Waals surface area contributed by atoms with Crippen LogP contribution in [0.3, 0.4) is 0 Å². The van der Waals surface area contributed by atoms with Gasteiger partial charge < -0.3 is 10.1 Å². The monoisotopic (exact) mass is 259 g/mol. The number of benzene rings is 1. The van der Waals surface area contributed by atoms with E-state index in [1.807, 2.05) is 12.1 Å². The fourth-order valence-electron chi connectivity index (χ4n) is 2.69. The first kappa shape index (κ1) is 12.7. The molecule has 3 nitrogen and oxygen atoms in total. The maximum Gasteiger partial charge on any atom is 0.250 e. The molecule has 0 heterocycles. The van der Waals surface area contributed by atoms with Crippen molar-refractivity contribution in [2.24, 2.45) is 5.92 Å². The van der Waals surface area contributed by atoms with Crippen LogP contribution in [0, 0.1) is 5.92 Å². The van der Waals surface area contributed by atoms with Gasteiger partial charge in [-0.1, -0.05) is 12.1 Å². The van der Waals surface area contributed by atoms with Crippen LogP contribution in [0.2, 0.25) is 0 Å². The van der Waals surface area contributed by atoms with Crippen LogP contribution in [0.15, 0.2) is 18.2 Å². The average Bonchev–Trinajstić information content (AvgIpc) is 3.23. The highest BCUT2D eigenvalue weighted by Gasteiger charge is 2.21. The highest BCUT2D eigenvalue weighted by molar-refractivity contribution is 5.92. The van der Waals surface area contributed by atoms with Gasteiger partial charge in [0.15, 0.2) is 0 Å². The molecule has 0 radical (unpaired) electrons. The molecule has 102 valence electrons. The Labute approximate surface area is 114 Å². The van der Waals surface area contributed by atoms with Crippen LogP contribution < -0.4 is 5.32 Å². The molecule has 0 spiro atoms. The van der Waals surface area contributed by atoms with Gasteiger partial charge in [0.05, 0.1) is 6.61 Å². The van der Waals surface area contributed by atoms with E-state index >= 15 is 0 Å². The second kappa shape index (κ2) is 5.74. The molecule has 2 aliphatic rings. The zero-order valence-electron chi connectivity index (χ0n) is 11.3. The van der Waals surface area contributed by atoms with Gasteiger partial charge >= 0.3 is 0 Å². The van der Waals surface area contributed by atoms with Gasteiger partial charge in [0.1, 0.15) is 6.61 Å². The Hall–Kier alpha value is -1.35. The second-order valence-corrected chi connectivity index (χ2v) is 5.66.